The second-order valence-corrected chi connectivity index (χ2v) is 3.18. The van der Waals surface area contributed by atoms with Gasteiger partial charge >= 0.3 is 0 Å². The van der Waals surface area contributed by atoms with Crippen molar-refractivity contribution in [3.05, 3.63) is 23.2 Å². The van der Waals surface area contributed by atoms with Crippen LogP contribution in [0.25, 0.3) is 0 Å². The molecule has 0 spiro atoms. The van der Waals surface area contributed by atoms with Crippen molar-refractivity contribution in [1.29, 1.82) is 0 Å². The molecule has 0 aromatic carbocycles. The molecule has 0 aliphatic carbocycles. The molecule has 0 fully saturated rings. The third-order valence-corrected chi connectivity index (χ3v) is 1.27. The number of carbonyl (C=O) groups is 2. The van der Waals surface area contributed by atoms with E-state index in [1.165, 1.54) is 6.08 Å². The van der Waals surface area contributed by atoms with Crippen LogP contribution in [0.2, 0.25) is 0 Å². The van der Waals surface area contributed by atoms with E-state index in [1.54, 1.807) is 0 Å². The first kappa shape index (κ1) is 12.2. The maximum atomic E-state index is 10.9. The number of amides is 1. The molecule has 0 aromatic heterocycles. The van der Waals surface area contributed by atoms with Crippen LogP contribution in [-0.4, -0.2) is 18.2 Å². The standard InChI is InChI=1S/C8H9Cl2NO2/c1-2-3-11-8(13)5-6(12)4-7(9)10/h2,4H,1,3,5H2,(H,11,13). The average Bonchev–Trinajstić information content (AvgIpc) is 1.98. The van der Waals surface area contributed by atoms with E-state index in [0.29, 0.717) is 6.54 Å². The monoisotopic (exact) mass is 221 g/mol. The molecule has 0 bridgehead atoms. The van der Waals surface area contributed by atoms with Crippen LogP contribution in [0.1, 0.15) is 6.42 Å². The van der Waals surface area contributed by atoms with Gasteiger partial charge in [-0.05, 0) is 0 Å². The summed E-state index contributed by atoms with van der Waals surface area (Å²) in [5, 5.41) is 2.44. The summed E-state index contributed by atoms with van der Waals surface area (Å²) in [5.74, 6) is -0.808. The zero-order valence-corrected chi connectivity index (χ0v) is 8.36. The highest BCUT2D eigenvalue weighted by molar-refractivity contribution is 6.56. The van der Waals surface area contributed by atoms with E-state index in [-0.39, 0.29) is 16.8 Å². The van der Waals surface area contributed by atoms with Crippen LogP contribution in [-0.2, 0) is 9.59 Å². The van der Waals surface area contributed by atoms with Gasteiger partial charge in [0, 0.05) is 12.6 Å². The van der Waals surface area contributed by atoms with Gasteiger partial charge < -0.3 is 5.32 Å². The van der Waals surface area contributed by atoms with Gasteiger partial charge in [-0.25, -0.2) is 0 Å². The number of nitrogens with one attached hydrogen (secondary N) is 1. The Balaban J connectivity index is 3.85. The number of ketones is 1. The summed E-state index contributed by atoms with van der Waals surface area (Å²) in [4.78, 5) is 21.8. The molecule has 13 heavy (non-hydrogen) atoms. The molecule has 1 amide bonds. The Morgan fingerprint density at radius 3 is 2.46 bits per heavy atom. The van der Waals surface area contributed by atoms with Crippen LogP contribution >= 0.6 is 23.2 Å². The number of hydrogen-bond donors (Lipinski definition) is 1. The third kappa shape index (κ3) is 7.56. The minimum absolute atomic E-state index is 0.151. The second-order valence-electron chi connectivity index (χ2n) is 2.17. The summed E-state index contributed by atoms with van der Waals surface area (Å²) in [6.07, 6.45) is 2.26. The number of rotatable bonds is 5. The topological polar surface area (TPSA) is 46.2 Å². The zero-order valence-electron chi connectivity index (χ0n) is 6.85. The normalized spacial score (nSPS) is 8.77. The van der Waals surface area contributed by atoms with E-state index in [1.807, 2.05) is 0 Å². The molecule has 3 nitrogen and oxygen atoms in total. The predicted molar refractivity (Wildman–Crippen MR) is 52.6 cm³/mol. The van der Waals surface area contributed by atoms with Crippen LogP contribution in [0.3, 0.4) is 0 Å². The van der Waals surface area contributed by atoms with Crippen LogP contribution < -0.4 is 5.32 Å². The Hall–Kier alpha value is -0.800. The molecule has 5 heteroatoms. The first-order chi connectivity index (χ1) is 6.06. The summed E-state index contributed by atoms with van der Waals surface area (Å²) >= 11 is 10.4. The predicted octanol–water partition coefficient (Wildman–Crippen LogP) is 1.57. The van der Waals surface area contributed by atoms with Gasteiger partial charge in [0.05, 0.1) is 6.42 Å². The van der Waals surface area contributed by atoms with Crippen molar-refractivity contribution >= 4 is 34.9 Å². The van der Waals surface area contributed by atoms with Gasteiger partial charge in [0.15, 0.2) is 5.78 Å². The molecule has 0 saturated heterocycles. The number of hydrogen-bond acceptors (Lipinski definition) is 2. The Bertz CT molecular complexity index is 245. The molecule has 0 aromatic rings. The largest absolute Gasteiger partial charge is 0.352 e. The van der Waals surface area contributed by atoms with Crippen LogP contribution in [0.4, 0.5) is 0 Å². The van der Waals surface area contributed by atoms with Crippen molar-refractivity contribution in [2.45, 2.75) is 6.42 Å². The minimum atomic E-state index is -0.429. The third-order valence-electron chi connectivity index (χ3n) is 1.05. The van der Waals surface area contributed by atoms with Crippen molar-refractivity contribution in [2.24, 2.45) is 0 Å². The Labute approximate surface area is 86.4 Å². The quantitative estimate of drug-likeness (QED) is 0.436. The molecular formula is C8H9Cl2NO2. The van der Waals surface area contributed by atoms with Gasteiger partial charge in [-0.1, -0.05) is 29.3 Å². The summed E-state index contributed by atoms with van der Waals surface area (Å²) < 4.78 is -0.151. The summed E-state index contributed by atoms with van der Waals surface area (Å²) in [7, 11) is 0. The molecule has 0 radical (unpaired) electrons. The van der Waals surface area contributed by atoms with E-state index < -0.39 is 5.78 Å². The Kier molecular flexibility index (Phi) is 6.28. The highest BCUT2D eigenvalue weighted by Gasteiger charge is 2.05. The SMILES string of the molecule is C=CCNC(=O)CC(=O)C=C(Cl)Cl. The second kappa shape index (κ2) is 6.69. The fraction of sp³-hybridized carbons (Fsp3) is 0.250. The van der Waals surface area contributed by atoms with E-state index in [2.05, 4.69) is 11.9 Å². The van der Waals surface area contributed by atoms with Gasteiger partial charge in [-0.3, -0.25) is 9.59 Å². The molecule has 0 unspecified atom stereocenters. The average molecular weight is 222 g/mol. The Morgan fingerprint density at radius 2 is 2.00 bits per heavy atom. The molecule has 0 aliphatic rings. The minimum Gasteiger partial charge on any atom is -0.352 e. The maximum absolute atomic E-state index is 10.9. The van der Waals surface area contributed by atoms with Gasteiger partial charge in [-0.15, -0.1) is 6.58 Å². The van der Waals surface area contributed by atoms with Gasteiger partial charge in [-0.2, -0.15) is 0 Å². The van der Waals surface area contributed by atoms with Crippen molar-refractivity contribution in [3.8, 4) is 0 Å². The molecule has 0 atom stereocenters. The van der Waals surface area contributed by atoms with Crippen LogP contribution in [0.15, 0.2) is 23.2 Å². The lowest BCUT2D eigenvalue weighted by Gasteiger charge is -1.98. The van der Waals surface area contributed by atoms with Gasteiger partial charge in [0.1, 0.15) is 4.49 Å². The number of carbonyl (C=O) groups excluding carboxylic acids is 2. The first-order valence-corrected chi connectivity index (χ1v) is 4.25. The molecule has 0 rings (SSSR count). The highest BCUT2D eigenvalue weighted by Crippen LogP contribution is 2.06. The first-order valence-electron chi connectivity index (χ1n) is 3.49. The summed E-state index contributed by atoms with van der Waals surface area (Å²) in [5.41, 5.74) is 0. The van der Waals surface area contributed by atoms with Crippen LogP contribution in [0.5, 0.6) is 0 Å². The molecular weight excluding hydrogens is 213 g/mol. The van der Waals surface area contributed by atoms with E-state index in [9.17, 15) is 9.59 Å². The highest BCUT2D eigenvalue weighted by atomic mass is 35.5. The lowest BCUT2D eigenvalue weighted by Crippen LogP contribution is -2.25. The fourth-order valence-corrected chi connectivity index (χ4v) is 0.823. The molecule has 1 N–H and O–H groups in total. The van der Waals surface area contributed by atoms with Crippen molar-refractivity contribution in [3.63, 3.8) is 0 Å². The van der Waals surface area contributed by atoms with Crippen molar-refractivity contribution < 1.29 is 9.59 Å². The lowest BCUT2D eigenvalue weighted by atomic mass is 10.2. The zero-order chi connectivity index (χ0) is 10.3. The maximum Gasteiger partial charge on any atom is 0.228 e. The van der Waals surface area contributed by atoms with Crippen LogP contribution in [0, 0.1) is 0 Å². The molecule has 0 saturated carbocycles. The molecule has 0 heterocycles. The van der Waals surface area contributed by atoms with E-state index in [4.69, 9.17) is 23.2 Å². The molecule has 0 aliphatic heterocycles. The number of allylic oxidation sites excluding steroid dienone is 1. The van der Waals surface area contributed by atoms with E-state index in [0.717, 1.165) is 6.08 Å². The summed E-state index contributed by atoms with van der Waals surface area (Å²) in [6.45, 7) is 3.74. The van der Waals surface area contributed by atoms with Crippen molar-refractivity contribution in [2.75, 3.05) is 6.54 Å². The fourth-order valence-electron chi connectivity index (χ4n) is 0.579. The van der Waals surface area contributed by atoms with Crippen molar-refractivity contribution in [1.82, 2.24) is 5.32 Å². The van der Waals surface area contributed by atoms with Gasteiger partial charge in [0.25, 0.3) is 0 Å². The molecule has 72 valence electrons. The summed E-state index contributed by atoms with van der Waals surface area (Å²) in [6, 6.07) is 0. The smallest absolute Gasteiger partial charge is 0.228 e. The van der Waals surface area contributed by atoms with E-state index >= 15 is 0 Å². The Morgan fingerprint density at radius 1 is 1.38 bits per heavy atom. The number of halogens is 2. The van der Waals surface area contributed by atoms with Gasteiger partial charge in [0.2, 0.25) is 5.91 Å². The lowest BCUT2D eigenvalue weighted by molar-refractivity contribution is -0.125.